The van der Waals surface area contributed by atoms with Gasteiger partial charge in [-0.15, -0.1) is 0 Å². The number of nitrogens with two attached hydrogens (primary N) is 1. The molecule has 1 aliphatic rings. The van der Waals surface area contributed by atoms with Crippen LogP contribution in [0.15, 0.2) is 0 Å². The maximum atomic E-state index is 12.4. The van der Waals surface area contributed by atoms with Crippen molar-refractivity contribution in [3.05, 3.63) is 4.88 Å². The Hall–Kier alpha value is -0.950. The Bertz CT molecular complexity index is 455. The summed E-state index contributed by atoms with van der Waals surface area (Å²) in [4.78, 5) is 19.0. The van der Waals surface area contributed by atoms with Crippen molar-refractivity contribution in [1.82, 2.24) is 9.88 Å². The zero-order chi connectivity index (χ0) is 14.0. The largest absolute Gasteiger partial charge is 0.382 e. The smallest absolute Gasteiger partial charge is 0.267 e. The fourth-order valence-electron chi connectivity index (χ4n) is 1.95. The quantitative estimate of drug-likeness (QED) is 0.891. The summed E-state index contributed by atoms with van der Waals surface area (Å²) in [5.74, 6) is 2.45. The number of anilines is 2. The zero-order valence-corrected chi connectivity index (χ0v) is 13.1. The number of hydrogen-bond donors (Lipinski definition) is 2. The van der Waals surface area contributed by atoms with Gasteiger partial charge in [-0.3, -0.25) is 4.79 Å². The van der Waals surface area contributed by atoms with Gasteiger partial charge in [-0.05, 0) is 26.0 Å². The molecule has 1 aromatic rings. The summed E-state index contributed by atoms with van der Waals surface area (Å²) >= 11 is 3.23. The molecule has 5 nitrogen and oxygen atoms in total. The van der Waals surface area contributed by atoms with E-state index in [0.29, 0.717) is 21.9 Å². The van der Waals surface area contributed by atoms with Gasteiger partial charge in [0.15, 0.2) is 5.13 Å². The molecule has 2 rings (SSSR count). The van der Waals surface area contributed by atoms with Crippen molar-refractivity contribution in [3.8, 4) is 0 Å². The third-order valence-corrected chi connectivity index (χ3v) is 5.17. The Labute approximate surface area is 122 Å². The number of carbonyl (C=O) groups excluding carboxylic acids is 1. The molecule has 1 aromatic heterocycles. The highest BCUT2D eigenvalue weighted by molar-refractivity contribution is 7.99. The maximum absolute atomic E-state index is 12.4. The number of aromatic nitrogens is 1. The van der Waals surface area contributed by atoms with E-state index in [-0.39, 0.29) is 11.9 Å². The second kappa shape index (κ2) is 6.00. The fourth-order valence-corrected chi connectivity index (χ4v) is 4.23. The van der Waals surface area contributed by atoms with E-state index < -0.39 is 0 Å². The van der Waals surface area contributed by atoms with Gasteiger partial charge in [0.2, 0.25) is 0 Å². The van der Waals surface area contributed by atoms with Crippen LogP contribution in [0.5, 0.6) is 0 Å². The molecule has 3 N–H and O–H groups in total. The van der Waals surface area contributed by atoms with Gasteiger partial charge in [-0.25, -0.2) is 4.98 Å². The molecule has 0 bridgehead atoms. The first-order chi connectivity index (χ1) is 8.99. The average molecular weight is 300 g/mol. The zero-order valence-electron chi connectivity index (χ0n) is 11.5. The first-order valence-electron chi connectivity index (χ1n) is 6.36. The van der Waals surface area contributed by atoms with Crippen LogP contribution in [0.2, 0.25) is 0 Å². The van der Waals surface area contributed by atoms with Crippen molar-refractivity contribution in [2.45, 2.75) is 32.4 Å². The van der Waals surface area contributed by atoms with E-state index in [1.807, 2.05) is 37.6 Å². The Balaban J connectivity index is 2.11. The van der Waals surface area contributed by atoms with Gasteiger partial charge in [0.1, 0.15) is 10.7 Å². The van der Waals surface area contributed by atoms with Gasteiger partial charge in [-0.1, -0.05) is 11.3 Å². The molecule has 1 unspecified atom stereocenters. The van der Waals surface area contributed by atoms with Crippen LogP contribution in [-0.4, -0.2) is 46.4 Å². The van der Waals surface area contributed by atoms with Crippen molar-refractivity contribution in [2.24, 2.45) is 0 Å². The molecule has 106 valence electrons. The lowest BCUT2D eigenvalue weighted by Gasteiger charge is -2.23. The second-order valence-electron chi connectivity index (χ2n) is 4.97. The number of nitrogens with zero attached hydrogens (tertiary/aromatic N) is 2. The number of nitrogen functional groups attached to an aromatic ring is 1. The minimum atomic E-state index is -0.0145. The van der Waals surface area contributed by atoms with Crippen LogP contribution < -0.4 is 11.1 Å². The van der Waals surface area contributed by atoms with Crippen LogP contribution in [0, 0.1) is 0 Å². The van der Waals surface area contributed by atoms with Crippen molar-refractivity contribution < 1.29 is 4.79 Å². The summed E-state index contributed by atoms with van der Waals surface area (Å²) in [6.07, 6.45) is 1.06. The van der Waals surface area contributed by atoms with Crippen LogP contribution in [0.3, 0.4) is 0 Å². The van der Waals surface area contributed by atoms with Gasteiger partial charge >= 0.3 is 0 Å². The minimum absolute atomic E-state index is 0.0145. The topological polar surface area (TPSA) is 71.2 Å². The van der Waals surface area contributed by atoms with Crippen LogP contribution >= 0.6 is 23.1 Å². The molecule has 0 aromatic carbocycles. The molecular formula is C12H20N4OS2. The highest BCUT2D eigenvalue weighted by Gasteiger charge is 2.27. The average Bonchev–Trinajstić information content (AvgIpc) is 2.96. The highest BCUT2D eigenvalue weighted by Crippen LogP contribution is 2.29. The van der Waals surface area contributed by atoms with E-state index >= 15 is 0 Å². The first-order valence-corrected chi connectivity index (χ1v) is 8.34. The van der Waals surface area contributed by atoms with Crippen LogP contribution in [0.1, 0.15) is 29.9 Å². The van der Waals surface area contributed by atoms with E-state index in [2.05, 4.69) is 10.3 Å². The molecule has 0 radical (unpaired) electrons. The minimum Gasteiger partial charge on any atom is -0.382 e. The molecular weight excluding hydrogens is 280 g/mol. The molecule has 1 saturated heterocycles. The van der Waals surface area contributed by atoms with Crippen molar-refractivity contribution in [2.75, 3.05) is 29.6 Å². The van der Waals surface area contributed by atoms with Gasteiger partial charge in [0.05, 0.1) is 0 Å². The van der Waals surface area contributed by atoms with Crippen molar-refractivity contribution in [1.29, 1.82) is 0 Å². The van der Waals surface area contributed by atoms with Crippen LogP contribution in [0.25, 0.3) is 0 Å². The fraction of sp³-hybridized carbons (Fsp3) is 0.667. The number of amides is 1. The summed E-state index contributed by atoms with van der Waals surface area (Å²) < 4.78 is 0. The van der Waals surface area contributed by atoms with Gasteiger partial charge in [-0.2, -0.15) is 11.8 Å². The molecule has 0 spiro atoms. The number of thioether (sulfide) groups is 1. The summed E-state index contributed by atoms with van der Waals surface area (Å²) in [6, 6.07) is 0.595. The summed E-state index contributed by atoms with van der Waals surface area (Å²) in [5.41, 5.74) is 5.86. The number of thiazole rings is 1. The molecule has 0 saturated carbocycles. The van der Waals surface area contributed by atoms with E-state index in [4.69, 9.17) is 5.73 Å². The molecule has 19 heavy (non-hydrogen) atoms. The van der Waals surface area contributed by atoms with E-state index in [1.165, 1.54) is 11.3 Å². The summed E-state index contributed by atoms with van der Waals surface area (Å²) in [5, 5.41) is 3.89. The third-order valence-electron chi connectivity index (χ3n) is 3.03. The lowest BCUT2D eigenvalue weighted by molar-refractivity contribution is 0.0753. The number of rotatable bonds is 4. The Morgan fingerprint density at radius 3 is 2.89 bits per heavy atom. The first kappa shape index (κ1) is 14.5. The van der Waals surface area contributed by atoms with Crippen molar-refractivity contribution >= 4 is 40.0 Å². The van der Waals surface area contributed by atoms with Gasteiger partial charge < -0.3 is 16.0 Å². The molecule has 1 atom stereocenters. The number of carbonyl (C=O) groups is 1. The normalized spacial score (nSPS) is 18.8. The SMILES string of the molecule is CC(C)Nc1nc(N)c(C(=O)N(C)C2CCSC2)s1. The standard InChI is InChI=1S/C12H20N4OS2/c1-7(2)14-12-15-10(13)9(19-12)11(17)16(3)8-4-5-18-6-8/h7-8H,4-6,13H2,1-3H3,(H,14,15). The predicted molar refractivity (Wildman–Crippen MR) is 83.1 cm³/mol. The number of hydrogen-bond acceptors (Lipinski definition) is 6. The predicted octanol–water partition coefficient (Wildman–Crippen LogP) is 2.12. The highest BCUT2D eigenvalue weighted by atomic mass is 32.2. The maximum Gasteiger partial charge on any atom is 0.267 e. The molecule has 0 aliphatic carbocycles. The monoisotopic (exact) mass is 300 g/mol. The Kier molecular flexibility index (Phi) is 4.57. The third kappa shape index (κ3) is 3.33. The molecule has 1 amide bonds. The summed E-state index contributed by atoms with van der Waals surface area (Å²) in [7, 11) is 1.85. The summed E-state index contributed by atoms with van der Waals surface area (Å²) in [6.45, 7) is 4.06. The van der Waals surface area contributed by atoms with Crippen LogP contribution in [0.4, 0.5) is 10.9 Å². The van der Waals surface area contributed by atoms with Crippen molar-refractivity contribution in [3.63, 3.8) is 0 Å². The van der Waals surface area contributed by atoms with E-state index in [1.54, 1.807) is 0 Å². The molecule has 2 heterocycles. The molecule has 1 aliphatic heterocycles. The lowest BCUT2D eigenvalue weighted by atomic mass is 10.2. The number of nitrogens with one attached hydrogen (secondary N) is 1. The van der Waals surface area contributed by atoms with Gasteiger partial charge in [0.25, 0.3) is 5.91 Å². The van der Waals surface area contributed by atoms with E-state index in [0.717, 1.165) is 17.9 Å². The lowest BCUT2D eigenvalue weighted by Crippen LogP contribution is -2.36. The Morgan fingerprint density at radius 1 is 1.58 bits per heavy atom. The van der Waals surface area contributed by atoms with Crippen LogP contribution in [-0.2, 0) is 0 Å². The van der Waals surface area contributed by atoms with E-state index in [9.17, 15) is 4.79 Å². The van der Waals surface area contributed by atoms with Gasteiger partial charge in [0, 0.05) is 24.9 Å². The molecule has 1 fully saturated rings. The second-order valence-corrected chi connectivity index (χ2v) is 7.11. The molecule has 7 heteroatoms. The Morgan fingerprint density at radius 2 is 2.32 bits per heavy atom.